The molecule has 0 atom stereocenters. The molecule has 3 nitrogen and oxygen atoms in total. The van der Waals surface area contributed by atoms with Gasteiger partial charge in [0.15, 0.2) is 5.82 Å². The first kappa shape index (κ1) is 10.2. The van der Waals surface area contributed by atoms with E-state index in [2.05, 4.69) is 9.35 Å². The molecule has 0 amide bonds. The van der Waals surface area contributed by atoms with E-state index in [4.69, 9.17) is 0 Å². The SMILES string of the molecule is CCS(=O)(CC)=Nc1ccccn1. The highest BCUT2D eigenvalue weighted by Crippen LogP contribution is 2.10. The van der Waals surface area contributed by atoms with Crippen LogP contribution in [0.2, 0.25) is 0 Å². The summed E-state index contributed by atoms with van der Waals surface area (Å²) in [4.78, 5) is 4.01. The standard InChI is InChI=1S/C9H14N2OS/c1-3-13(12,4-2)11-9-7-5-6-8-10-9/h5-8H,3-4H2,1-2H3. The van der Waals surface area contributed by atoms with E-state index >= 15 is 0 Å². The summed E-state index contributed by atoms with van der Waals surface area (Å²) in [7, 11) is -2.06. The van der Waals surface area contributed by atoms with Gasteiger partial charge in [-0.1, -0.05) is 19.9 Å². The van der Waals surface area contributed by atoms with Crippen molar-refractivity contribution in [2.45, 2.75) is 13.8 Å². The van der Waals surface area contributed by atoms with Crippen molar-refractivity contribution in [2.75, 3.05) is 11.5 Å². The van der Waals surface area contributed by atoms with Crippen molar-refractivity contribution < 1.29 is 4.21 Å². The molecule has 0 aromatic carbocycles. The molecule has 4 heteroatoms. The van der Waals surface area contributed by atoms with Gasteiger partial charge in [-0.3, -0.25) is 0 Å². The van der Waals surface area contributed by atoms with Gasteiger partial charge in [0.2, 0.25) is 0 Å². The summed E-state index contributed by atoms with van der Waals surface area (Å²) >= 11 is 0. The molecule has 13 heavy (non-hydrogen) atoms. The molecule has 0 aliphatic heterocycles. The summed E-state index contributed by atoms with van der Waals surface area (Å²) in [5, 5.41) is 0. The second-order valence-electron chi connectivity index (χ2n) is 2.63. The molecular weight excluding hydrogens is 184 g/mol. The minimum Gasteiger partial charge on any atom is -0.249 e. The van der Waals surface area contributed by atoms with Gasteiger partial charge in [0.25, 0.3) is 0 Å². The van der Waals surface area contributed by atoms with E-state index in [0.29, 0.717) is 17.3 Å². The Balaban J connectivity index is 3.07. The van der Waals surface area contributed by atoms with Crippen LogP contribution in [0.15, 0.2) is 28.8 Å². The van der Waals surface area contributed by atoms with Crippen LogP contribution < -0.4 is 0 Å². The summed E-state index contributed by atoms with van der Waals surface area (Å²) in [5.41, 5.74) is 0. The predicted octanol–water partition coefficient (Wildman–Crippen LogP) is 2.22. The molecule has 0 N–H and O–H groups in total. The van der Waals surface area contributed by atoms with Crippen molar-refractivity contribution in [3.8, 4) is 0 Å². The lowest BCUT2D eigenvalue weighted by atomic mass is 10.5. The number of nitrogens with zero attached hydrogens (tertiary/aromatic N) is 2. The maximum absolute atomic E-state index is 11.9. The van der Waals surface area contributed by atoms with Gasteiger partial charge in [-0.25, -0.2) is 9.19 Å². The van der Waals surface area contributed by atoms with Gasteiger partial charge in [0, 0.05) is 17.7 Å². The van der Waals surface area contributed by atoms with Gasteiger partial charge in [0.05, 0.1) is 9.73 Å². The van der Waals surface area contributed by atoms with Gasteiger partial charge in [-0.15, -0.1) is 0 Å². The molecule has 0 saturated heterocycles. The van der Waals surface area contributed by atoms with Crippen LogP contribution in [0.4, 0.5) is 5.82 Å². The Morgan fingerprint density at radius 3 is 2.54 bits per heavy atom. The molecule has 1 rings (SSSR count). The van der Waals surface area contributed by atoms with Crippen LogP contribution in [0.3, 0.4) is 0 Å². The number of aromatic nitrogens is 1. The molecule has 0 fully saturated rings. The molecule has 0 spiro atoms. The van der Waals surface area contributed by atoms with E-state index in [-0.39, 0.29) is 0 Å². The van der Waals surface area contributed by atoms with Crippen LogP contribution in [0.1, 0.15) is 13.8 Å². The second kappa shape index (κ2) is 4.37. The van der Waals surface area contributed by atoms with Crippen LogP contribution in [0.5, 0.6) is 0 Å². The first-order chi connectivity index (χ1) is 6.20. The number of hydrogen-bond donors (Lipinski definition) is 0. The number of rotatable bonds is 3. The van der Waals surface area contributed by atoms with Gasteiger partial charge < -0.3 is 0 Å². The van der Waals surface area contributed by atoms with E-state index in [1.54, 1.807) is 12.3 Å². The molecule has 0 aliphatic rings. The summed E-state index contributed by atoms with van der Waals surface area (Å²) in [6.07, 6.45) is 1.66. The molecule has 0 bridgehead atoms. The third-order valence-corrected chi connectivity index (χ3v) is 4.14. The van der Waals surface area contributed by atoms with Gasteiger partial charge in [-0.2, -0.15) is 4.36 Å². The molecule has 72 valence electrons. The van der Waals surface area contributed by atoms with Gasteiger partial charge in [-0.05, 0) is 12.1 Å². The number of pyridine rings is 1. The van der Waals surface area contributed by atoms with Crippen molar-refractivity contribution in [3.05, 3.63) is 24.4 Å². The zero-order chi connectivity index (χ0) is 9.73. The quantitative estimate of drug-likeness (QED) is 0.747. The lowest BCUT2D eigenvalue weighted by Crippen LogP contribution is -2.05. The fourth-order valence-corrected chi connectivity index (χ4v) is 2.03. The maximum Gasteiger partial charge on any atom is 0.161 e. The van der Waals surface area contributed by atoms with E-state index in [0.717, 1.165) is 0 Å². The first-order valence-corrected chi connectivity index (χ1v) is 6.19. The first-order valence-electron chi connectivity index (χ1n) is 4.33. The molecule has 1 heterocycles. The molecule has 0 radical (unpaired) electrons. The van der Waals surface area contributed by atoms with E-state index in [1.807, 2.05) is 26.0 Å². The molecule has 1 aromatic rings. The Kier molecular flexibility index (Phi) is 3.42. The zero-order valence-electron chi connectivity index (χ0n) is 7.93. The van der Waals surface area contributed by atoms with Crippen molar-refractivity contribution in [1.82, 2.24) is 4.98 Å². The highest BCUT2D eigenvalue weighted by atomic mass is 32.2. The normalized spacial score (nSPS) is 11.2. The third-order valence-electron chi connectivity index (χ3n) is 1.81. The summed E-state index contributed by atoms with van der Waals surface area (Å²) in [6.45, 7) is 3.77. The second-order valence-corrected chi connectivity index (χ2v) is 5.51. The van der Waals surface area contributed by atoms with Crippen molar-refractivity contribution in [1.29, 1.82) is 0 Å². The van der Waals surface area contributed by atoms with Crippen molar-refractivity contribution in [2.24, 2.45) is 4.36 Å². The van der Waals surface area contributed by atoms with Gasteiger partial charge >= 0.3 is 0 Å². The van der Waals surface area contributed by atoms with Crippen molar-refractivity contribution >= 4 is 15.5 Å². The molecule has 1 aromatic heterocycles. The Morgan fingerprint density at radius 2 is 2.08 bits per heavy atom. The Labute approximate surface area is 79.4 Å². The van der Waals surface area contributed by atoms with Crippen LogP contribution in [0.25, 0.3) is 0 Å². The lowest BCUT2D eigenvalue weighted by molar-refractivity contribution is 0.678. The van der Waals surface area contributed by atoms with E-state index < -0.39 is 9.73 Å². The molecular formula is C9H14N2OS. The van der Waals surface area contributed by atoms with E-state index in [1.165, 1.54) is 0 Å². The third kappa shape index (κ3) is 2.81. The largest absolute Gasteiger partial charge is 0.249 e. The minimum absolute atomic E-state index is 0.566. The highest BCUT2D eigenvalue weighted by molar-refractivity contribution is 7.93. The lowest BCUT2D eigenvalue weighted by Gasteiger charge is -2.02. The summed E-state index contributed by atoms with van der Waals surface area (Å²) < 4.78 is 16.0. The fourth-order valence-electron chi connectivity index (χ4n) is 0.911. The monoisotopic (exact) mass is 198 g/mol. The summed E-state index contributed by atoms with van der Waals surface area (Å²) in [5.74, 6) is 1.73. The van der Waals surface area contributed by atoms with Crippen LogP contribution in [-0.2, 0) is 9.73 Å². The van der Waals surface area contributed by atoms with Crippen LogP contribution in [0, 0.1) is 0 Å². The van der Waals surface area contributed by atoms with E-state index in [9.17, 15) is 4.21 Å². The number of hydrogen-bond acceptors (Lipinski definition) is 3. The highest BCUT2D eigenvalue weighted by Gasteiger charge is 2.02. The average molecular weight is 198 g/mol. The summed E-state index contributed by atoms with van der Waals surface area (Å²) in [6, 6.07) is 5.43. The Morgan fingerprint density at radius 1 is 1.38 bits per heavy atom. The van der Waals surface area contributed by atoms with Gasteiger partial charge in [0.1, 0.15) is 0 Å². The smallest absolute Gasteiger partial charge is 0.161 e. The molecule has 0 unspecified atom stereocenters. The molecule has 0 saturated carbocycles. The average Bonchev–Trinajstić information content (AvgIpc) is 2.19. The minimum atomic E-state index is -2.06. The van der Waals surface area contributed by atoms with Crippen molar-refractivity contribution in [3.63, 3.8) is 0 Å². The van der Waals surface area contributed by atoms with Crippen LogP contribution in [-0.4, -0.2) is 20.7 Å². The Bertz CT molecular complexity index is 356. The molecule has 0 aliphatic carbocycles. The van der Waals surface area contributed by atoms with Crippen LogP contribution >= 0.6 is 0 Å². The Hall–Kier alpha value is -0.900. The topological polar surface area (TPSA) is 42.3 Å². The maximum atomic E-state index is 11.9. The zero-order valence-corrected chi connectivity index (χ0v) is 8.75. The fraction of sp³-hybridized carbons (Fsp3) is 0.444. The predicted molar refractivity (Wildman–Crippen MR) is 55.5 cm³/mol.